The Morgan fingerprint density at radius 2 is 2.05 bits per heavy atom. The lowest BCUT2D eigenvalue weighted by molar-refractivity contribution is -0.0685. The Morgan fingerprint density at radius 3 is 2.80 bits per heavy atom. The molecule has 0 saturated carbocycles. The van der Waals surface area contributed by atoms with Gasteiger partial charge in [-0.1, -0.05) is 12.1 Å². The zero-order chi connectivity index (χ0) is 13.9. The maximum Gasteiger partial charge on any atom is 0.191 e. The van der Waals surface area contributed by atoms with Crippen molar-refractivity contribution in [2.75, 3.05) is 19.8 Å². The fourth-order valence-electron chi connectivity index (χ4n) is 2.11. The zero-order valence-electron chi connectivity index (χ0n) is 10.6. The second kappa shape index (κ2) is 5.80. The molecule has 0 aromatic heterocycles. The Hall–Kier alpha value is -1.61. The molecule has 0 unspecified atom stereocenters. The highest BCUT2D eigenvalue weighted by atomic mass is 79.9. The minimum Gasteiger partial charge on any atom is -0.487 e. The van der Waals surface area contributed by atoms with Gasteiger partial charge in [-0.05, 0) is 44.9 Å². The first kappa shape index (κ1) is 13.4. The third kappa shape index (κ3) is 2.63. The molecule has 1 fully saturated rings. The van der Waals surface area contributed by atoms with Gasteiger partial charge in [0, 0.05) is 0 Å². The summed E-state index contributed by atoms with van der Waals surface area (Å²) in [6.07, 6.45) is -0.293. The first-order valence-electron chi connectivity index (χ1n) is 6.26. The van der Waals surface area contributed by atoms with Crippen LogP contribution in [0, 0.1) is 11.3 Å². The van der Waals surface area contributed by atoms with E-state index in [-0.39, 0.29) is 6.29 Å². The van der Waals surface area contributed by atoms with E-state index in [1.54, 1.807) is 6.07 Å². The Bertz CT molecular complexity index is 675. The van der Waals surface area contributed by atoms with E-state index >= 15 is 0 Å². The normalized spacial score (nSPS) is 15.4. The van der Waals surface area contributed by atoms with Gasteiger partial charge in [-0.25, -0.2) is 0 Å². The number of nitriles is 1. The molecule has 0 bridgehead atoms. The van der Waals surface area contributed by atoms with E-state index in [1.807, 2.05) is 24.3 Å². The highest BCUT2D eigenvalue weighted by Crippen LogP contribution is 2.33. The molecular formula is C15H12BrNO3. The minimum atomic E-state index is -0.293. The number of rotatable bonds is 3. The SMILES string of the molecule is N#Cc1ccc2c(Br)c(OCC3OCCO3)ccc2c1. The van der Waals surface area contributed by atoms with Gasteiger partial charge in [0.15, 0.2) is 6.29 Å². The van der Waals surface area contributed by atoms with Gasteiger partial charge in [0.1, 0.15) is 12.4 Å². The van der Waals surface area contributed by atoms with Gasteiger partial charge in [0.05, 0.1) is 29.3 Å². The molecule has 102 valence electrons. The van der Waals surface area contributed by atoms with E-state index in [2.05, 4.69) is 22.0 Å². The summed E-state index contributed by atoms with van der Waals surface area (Å²) in [6, 6.07) is 11.5. The molecule has 0 spiro atoms. The Morgan fingerprint density at radius 1 is 1.25 bits per heavy atom. The number of nitrogens with zero attached hydrogens (tertiary/aromatic N) is 1. The molecule has 1 saturated heterocycles. The topological polar surface area (TPSA) is 51.5 Å². The van der Waals surface area contributed by atoms with Crippen molar-refractivity contribution in [1.29, 1.82) is 5.26 Å². The molecule has 1 heterocycles. The third-order valence-electron chi connectivity index (χ3n) is 3.11. The second-order valence-corrected chi connectivity index (χ2v) is 5.20. The largest absolute Gasteiger partial charge is 0.487 e. The molecule has 0 aliphatic carbocycles. The van der Waals surface area contributed by atoms with Crippen LogP contribution in [0.15, 0.2) is 34.8 Å². The number of halogens is 1. The van der Waals surface area contributed by atoms with Gasteiger partial charge < -0.3 is 14.2 Å². The van der Waals surface area contributed by atoms with Crippen molar-refractivity contribution in [1.82, 2.24) is 0 Å². The van der Waals surface area contributed by atoms with E-state index in [1.165, 1.54) is 0 Å². The summed E-state index contributed by atoms with van der Waals surface area (Å²) >= 11 is 3.55. The number of ether oxygens (including phenoxy) is 3. The maximum atomic E-state index is 8.91. The quantitative estimate of drug-likeness (QED) is 0.865. The first-order chi connectivity index (χ1) is 9.78. The highest BCUT2D eigenvalue weighted by Gasteiger charge is 2.17. The number of hydrogen-bond acceptors (Lipinski definition) is 4. The maximum absolute atomic E-state index is 8.91. The minimum absolute atomic E-state index is 0.293. The molecule has 0 amide bonds. The molecule has 0 N–H and O–H groups in total. The molecule has 2 aromatic carbocycles. The molecule has 2 aromatic rings. The number of fused-ring (bicyclic) bond motifs is 1. The van der Waals surface area contributed by atoms with Crippen LogP contribution in [0.25, 0.3) is 10.8 Å². The van der Waals surface area contributed by atoms with Crippen molar-refractivity contribution in [3.63, 3.8) is 0 Å². The highest BCUT2D eigenvalue weighted by molar-refractivity contribution is 9.10. The fourth-order valence-corrected chi connectivity index (χ4v) is 2.72. The molecule has 0 radical (unpaired) electrons. The van der Waals surface area contributed by atoms with Crippen LogP contribution in [0.1, 0.15) is 5.56 Å². The van der Waals surface area contributed by atoms with Gasteiger partial charge in [0.2, 0.25) is 0 Å². The molecule has 1 aliphatic heterocycles. The van der Waals surface area contributed by atoms with Gasteiger partial charge in [0.25, 0.3) is 0 Å². The van der Waals surface area contributed by atoms with Crippen LogP contribution in [-0.2, 0) is 9.47 Å². The van der Waals surface area contributed by atoms with Crippen molar-refractivity contribution in [3.05, 3.63) is 40.4 Å². The molecule has 0 atom stereocenters. The Kier molecular flexibility index (Phi) is 3.88. The summed E-state index contributed by atoms with van der Waals surface area (Å²) in [5.74, 6) is 0.737. The average Bonchev–Trinajstić information content (AvgIpc) is 2.99. The van der Waals surface area contributed by atoms with Crippen LogP contribution in [0.4, 0.5) is 0 Å². The average molecular weight is 334 g/mol. The lowest BCUT2D eigenvalue weighted by atomic mass is 10.1. The third-order valence-corrected chi connectivity index (χ3v) is 3.93. The van der Waals surface area contributed by atoms with E-state index in [4.69, 9.17) is 19.5 Å². The van der Waals surface area contributed by atoms with Crippen LogP contribution < -0.4 is 4.74 Å². The van der Waals surface area contributed by atoms with Crippen molar-refractivity contribution >= 4 is 26.7 Å². The van der Waals surface area contributed by atoms with Crippen molar-refractivity contribution < 1.29 is 14.2 Å². The van der Waals surface area contributed by atoms with E-state index in [9.17, 15) is 0 Å². The lowest BCUT2D eigenvalue weighted by Gasteiger charge is -2.13. The number of benzene rings is 2. The van der Waals surface area contributed by atoms with Gasteiger partial charge in [-0.3, -0.25) is 0 Å². The van der Waals surface area contributed by atoms with Crippen molar-refractivity contribution in [2.45, 2.75) is 6.29 Å². The number of hydrogen-bond donors (Lipinski definition) is 0. The summed E-state index contributed by atoms with van der Waals surface area (Å²) in [5.41, 5.74) is 0.644. The van der Waals surface area contributed by atoms with Crippen LogP contribution in [-0.4, -0.2) is 26.1 Å². The summed E-state index contributed by atoms with van der Waals surface area (Å²) in [5, 5.41) is 10.9. The van der Waals surface area contributed by atoms with Gasteiger partial charge in [-0.2, -0.15) is 5.26 Å². The van der Waals surface area contributed by atoms with Crippen molar-refractivity contribution in [2.24, 2.45) is 0 Å². The Labute approximate surface area is 125 Å². The summed E-state index contributed by atoms with van der Waals surface area (Å²) in [6.45, 7) is 1.59. The molecular weight excluding hydrogens is 322 g/mol. The lowest BCUT2D eigenvalue weighted by Crippen LogP contribution is -2.18. The predicted molar refractivity (Wildman–Crippen MR) is 77.6 cm³/mol. The van der Waals surface area contributed by atoms with Crippen LogP contribution in [0.3, 0.4) is 0 Å². The van der Waals surface area contributed by atoms with E-state index < -0.39 is 0 Å². The Balaban J connectivity index is 1.85. The molecule has 1 aliphatic rings. The summed E-state index contributed by atoms with van der Waals surface area (Å²) in [7, 11) is 0. The van der Waals surface area contributed by atoms with E-state index in [0.717, 1.165) is 21.0 Å². The molecule has 4 nitrogen and oxygen atoms in total. The summed E-state index contributed by atoms with van der Waals surface area (Å²) < 4.78 is 17.3. The van der Waals surface area contributed by atoms with Gasteiger partial charge >= 0.3 is 0 Å². The first-order valence-corrected chi connectivity index (χ1v) is 7.05. The van der Waals surface area contributed by atoms with Crippen LogP contribution >= 0.6 is 15.9 Å². The van der Waals surface area contributed by atoms with Crippen LogP contribution in [0.5, 0.6) is 5.75 Å². The smallest absolute Gasteiger partial charge is 0.191 e. The zero-order valence-corrected chi connectivity index (χ0v) is 12.2. The second-order valence-electron chi connectivity index (χ2n) is 4.41. The van der Waals surface area contributed by atoms with Gasteiger partial charge in [-0.15, -0.1) is 0 Å². The standard InChI is InChI=1S/C15H12BrNO3/c16-15-12-3-1-10(8-17)7-11(12)2-4-13(15)20-9-14-18-5-6-19-14/h1-4,7,14H,5-6,9H2. The monoisotopic (exact) mass is 333 g/mol. The fraction of sp³-hybridized carbons (Fsp3) is 0.267. The summed E-state index contributed by atoms with van der Waals surface area (Å²) in [4.78, 5) is 0. The van der Waals surface area contributed by atoms with Crippen LogP contribution in [0.2, 0.25) is 0 Å². The van der Waals surface area contributed by atoms with E-state index in [0.29, 0.717) is 25.4 Å². The molecule has 20 heavy (non-hydrogen) atoms. The predicted octanol–water partition coefficient (Wildman–Crippen LogP) is 3.23. The molecule has 5 heteroatoms. The van der Waals surface area contributed by atoms with Crippen molar-refractivity contribution in [3.8, 4) is 11.8 Å². The molecule has 3 rings (SSSR count).